The molecule has 0 fully saturated rings. The molecule has 2 N–H and O–H groups in total. The number of ether oxygens (including phenoxy) is 1. The number of hydrogen-bond donors (Lipinski definition) is 2. The van der Waals surface area contributed by atoms with Crippen LogP contribution in [0.4, 0.5) is 0 Å². The molecule has 0 saturated heterocycles. The van der Waals surface area contributed by atoms with Gasteiger partial charge in [0.05, 0.1) is 7.11 Å². The van der Waals surface area contributed by atoms with E-state index >= 15 is 0 Å². The molecule has 1 aromatic carbocycles. The van der Waals surface area contributed by atoms with Crippen molar-refractivity contribution < 1.29 is 29.5 Å². The number of methoxy groups -OCH3 is 1. The molecule has 0 radical (unpaired) electrons. The van der Waals surface area contributed by atoms with Crippen LogP contribution in [0.1, 0.15) is 0 Å². The smallest absolute Gasteiger partial charge is 0.497 e. The Balaban J connectivity index is 2.50. The largest absolute Gasteiger partial charge is 0.703 e. The highest BCUT2D eigenvalue weighted by Gasteiger charge is 2.17. The van der Waals surface area contributed by atoms with Crippen molar-refractivity contribution in [3.05, 3.63) is 24.3 Å². The lowest BCUT2D eigenvalue weighted by Gasteiger charge is -2.05. The fraction of sp³-hybridized carbons (Fsp3) is 0.143. The standard InChI is InChI=1S/C7H9BO6/c1-11-6-3-2-4-7(5-6)12-14-8(9)13-10/h2-5,9-10H,1H3. The van der Waals surface area contributed by atoms with Crippen LogP contribution in [0.3, 0.4) is 0 Å². The Labute approximate surface area is 80.6 Å². The SMILES string of the molecule is COc1cccc(OOB(O)OO)c1. The Hall–Kier alpha value is -1.28. The summed E-state index contributed by atoms with van der Waals surface area (Å²) in [5, 5.41) is 16.5. The first-order chi connectivity index (χ1) is 6.76. The molecule has 1 aromatic rings. The van der Waals surface area contributed by atoms with E-state index in [0.29, 0.717) is 11.5 Å². The molecule has 7 heteroatoms. The summed E-state index contributed by atoms with van der Waals surface area (Å²) in [6.07, 6.45) is 0. The molecule has 0 atom stereocenters. The fourth-order valence-electron chi connectivity index (χ4n) is 0.767. The van der Waals surface area contributed by atoms with Crippen LogP contribution in [0, 0.1) is 0 Å². The van der Waals surface area contributed by atoms with Crippen LogP contribution in [0.5, 0.6) is 11.5 Å². The van der Waals surface area contributed by atoms with E-state index in [1.807, 2.05) is 0 Å². The van der Waals surface area contributed by atoms with E-state index in [9.17, 15) is 0 Å². The van der Waals surface area contributed by atoms with Crippen molar-refractivity contribution in [1.29, 1.82) is 0 Å². The maximum Gasteiger partial charge on any atom is 0.703 e. The zero-order chi connectivity index (χ0) is 10.4. The summed E-state index contributed by atoms with van der Waals surface area (Å²) < 4.78 is 4.91. The second kappa shape index (κ2) is 5.45. The van der Waals surface area contributed by atoms with Crippen LogP contribution in [0.2, 0.25) is 0 Å². The van der Waals surface area contributed by atoms with Gasteiger partial charge in [-0.2, -0.15) is 4.81 Å². The highest BCUT2D eigenvalue weighted by Crippen LogP contribution is 2.18. The first kappa shape index (κ1) is 10.8. The van der Waals surface area contributed by atoms with Crippen molar-refractivity contribution in [2.24, 2.45) is 0 Å². The Kier molecular flexibility index (Phi) is 4.21. The first-order valence-electron chi connectivity index (χ1n) is 3.72. The minimum atomic E-state index is -1.85. The van der Waals surface area contributed by atoms with Gasteiger partial charge in [-0.15, -0.1) is 0 Å². The fourth-order valence-corrected chi connectivity index (χ4v) is 0.767. The molecule has 0 aromatic heterocycles. The third-order valence-corrected chi connectivity index (χ3v) is 1.36. The predicted molar refractivity (Wildman–Crippen MR) is 46.4 cm³/mol. The summed E-state index contributed by atoms with van der Waals surface area (Å²) in [6.45, 7) is 0. The lowest BCUT2D eigenvalue weighted by atomic mass is 10.3. The van der Waals surface area contributed by atoms with E-state index in [2.05, 4.69) is 14.5 Å². The van der Waals surface area contributed by atoms with E-state index in [1.165, 1.54) is 13.2 Å². The zero-order valence-electron chi connectivity index (χ0n) is 7.41. The van der Waals surface area contributed by atoms with Gasteiger partial charge in [0.2, 0.25) is 0 Å². The molecule has 14 heavy (non-hydrogen) atoms. The van der Waals surface area contributed by atoms with Crippen molar-refractivity contribution in [2.75, 3.05) is 7.11 Å². The lowest BCUT2D eigenvalue weighted by molar-refractivity contribution is -0.229. The molecule has 0 amide bonds. The molecular formula is C7H9BO6. The third-order valence-electron chi connectivity index (χ3n) is 1.36. The van der Waals surface area contributed by atoms with Gasteiger partial charge in [0.15, 0.2) is 5.75 Å². The van der Waals surface area contributed by atoms with Crippen LogP contribution >= 0.6 is 0 Å². The Morgan fingerprint density at radius 3 is 2.64 bits per heavy atom. The number of hydrogen-bond acceptors (Lipinski definition) is 6. The molecule has 0 aliphatic carbocycles. The molecule has 1 rings (SSSR count). The van der Waals surface area contributed by atoms with E-state index < -0.39 is 7.32 Å². The molecule has 0 unspecified atom stereocenters. The van der Waals surface area contributed by atoms with Crippen LogP contribution in [0.15, 0.2) is 24.3 Å². The van der Waals surface area contributed by atoms with E-state index in [0.717, 1.165) is 0 Å². The molecule has 0 heterocycles. The Morgan fingerprint density at radius 2 is 2.00 bits per heavy atom. The molecule has 0 aliphatic rings. The van der Waals surface area contributed by atoms with Gasteiger partial charge in [-0.25, -0.2) is 4.81 Å². The van der Waals surface area contributed by atoms with Crippen LogP contribution in [0.25, 0.3) is 0 Å². The van der Waals surface area contributed by atoms with Gasteiger partial charge < -0.3 is 14.6 Å². The maximum atomic E-state index is 8.60. The van der Waals surface area contributed by atoms with Crippen molar-refractivity contribution >= 4 is 7.32 Å². The summed E-state index contributed by atoms with van der Waals surface area (Å²) >= 11 is 0. The monoisotopic (exact) mass is 200 g/mol. The van der Waals surface area contributed by atoms with Gasteiger partial charge in [-0.1, -0.05) is 6.07 Å². The van der Waals surface area contributed by atoms with E-state index in [-0.39, 0.29) is 0 Å². The molecule has 0 bridgehead atoms. The summed E-state index contributed by atoms with van der Waals surface area (Å²) in [5.41, 5.74) is 0. The van der Waals surface area contributed by atoms with Gasteiger partial charge in [0.25, 0.3) is 0 Å². The average molecular weight is 200 g/mol. The third kappa shape index (κ3) is 3.23. The quantitative estimate of drug-likeness (QED) is 0.408. The van der Waals surface area contributed by atoms with Gasteiger partial charge in [-0.3, -0.25) is 5.26 Å². The topological polar surface area (TPSA) is 77.4 Å². The summed E-state index contributed by atoms with van der Waals surface area (Å²) in [4.78, 5) is 12.2. The molecule has 0 aliphatic heterocycles. The van der Waals surface area contributed by atoms with Crippen molar-refractivity contribution in [2.45, 2.75) is 0 Å². The zero-order valence-corrected chi connectivity index (χ0v) is 7.41. The molecular weight excluding hydrogens is 191 g/mol. The average Bonchev–Trinajstić information content (AvgIpc) is 2.26. The number of rotatable bonds is 5. The van der Waals surface area contributed by atoms with E-state index in [4.69, 9.17) is 15.0 Å². The highest BCUT2D eigenvalue weighted by atomic mass is 17.3. The molecule has 6 nitrogen and oxygen atoms in total. The minimum Gasteiger partial charge on any atom is -0.497 e. The summed E-state index contributed by atoms with van der Waals surface area (Å²) in [5.74, 6) is 0.881. The molecule has 0 saturated carbocycles. The Morgan fingerprint density at radius 1 is 1.29 bits per heavy atom. The van der Waals surface area contributed by atoms with E-state index in [1.54, 1.807) is 18.2 Å². The maximum absolute atomic E-state index is 8.60. The van der Waals surface area contributed by atoms with Gasteiger partial charge >= 0.3 is 7.32 Å². The summed E-state index contributed by atoms with van der Waals surface area (Å²) in [6, 6.07) is 6.49. The van der Waals surface area contributed by atoms with Crippen molar-refractivity contribution in [3.63, 3.8) is 0 Å². The first-order valence-corrected chi connectivity index (χ1v) is 3.72. The van der Waals surface area contributed by atoms with Gasteiger partial charge in [-0.05, 0) is 12.1 Å². The van der Waals surface area contributed by atoms with Gasteiger partial charge in [0, 0.05) is 6.07 Å². The molecule has 76 valence electrons. The summed E-state index contributed by atoms with van der Waals surface area (Å²) in [7, 11) is -0.341. The minimum absolute atomic E-state index is 0.306. The second-order valence-electron chi connectivity index (χ2n) is 2.27. The predicted octanol–water partition coefficient (Wildman–Crippen LogP) is 0.472. The second-order valence-corrected chi connectivity index (χ2v) is 2.27. The van der Waals surface area contributed by atoms with Crippen molar-refractivity contribution in [1.82, 2.24) is 0 Å². The highest BCUT2D eigenvalue weighted by molar-refractivity contribution is 6.33. The number of benzene rings is 1. The van der Waals surface area contributed by atoms with Crippen LogP contribution in [-0.4, -0.2) is 24.7 Å². The lowest BCUT2D eigenvalue weighted by Crippen LogP contribution is -2.22. The van der Waals surface area contributed by atoms with Gasteiger partial charge in [0.1, 0.15) is 5.75 Å². The normalized spacial score (nSPS) is 9.64. The Bertz CT molecular complexity index is 281. The van der Waals surface area contributed by atoms with Crippen LogP contribution < -0.4 is 9.62 Å². The van der Waals surface area contributed by atoms with Crippen molar-refractivity contribution in [3.8, 4) is 11.5 Å². The van der Waals surface area contributed by atoms with Crippen LogP contribution in [-0.2, 0) is 9.61 Å². The molecule has 0 spiro atoms.